The van der Waals surface area contributed by atoms with Gasteiger partial charge in [-0.1, -0.05) is 74.0 Å². The van der Waals surface area contributed by atoms with E-state index in [4.69, 9.17) is 9.47 Å². The third-order valence-electron chi connectivity index (χ3n) is 7.55. The number of methoxy groups -OCH3 is 1. The third kappa shape index (κ3) is 10.3. The minimum Gasteiger partial charge on any atom is -0.497 e. The lowest BCUT2D eigenvalue weighted by Gasteiger charge is -2.18. The second-order valence-corrected chi connectivity index (χ2v) is 12.4. The second-order valence-electron chi connectivity index (χ2n) is 11.3. The molecule has 0 fully saturated rings. The monoisotopic (exact) mass is 685 g/mol. The van der Waals surface area contributed by atoms with Crippen molar-refractivity contribution in [1.82, 2.24) is 5.32 Å². The van der Waals surface area contributed by atoms with E-state index in [2.05, 4.69) is 22.9 Å². The number of ether oxygens (including phenoxy) is 2. The Labute approximate surface area is 296 Å². The molecule has 3 N–H and O–H groups in total. The van der Waals surface area contributed by atoms with E-state index < -0.39 is 17.1 Å². The molecule has 0 saturated heterocycles. The lowest BCUT2D eigenvalue weighted by atomic mass is 10.1. The zero-order valence-corrected chi connectivity index (χ0v) is 28.7. The number of rotatable bonds is 15. The summed E-state index contributed by atoms with van der Waals surface area (Å²) in [6, 6.07) is 40.0. The molecule has 0 heterocycles. The van der Waals surface area contributed by atoms with E-state index in [1.165, 1.54) is 11.8 Å². The quantitative estimate of drug-likeness (QED) is 0.0578. The van der Waals surface area contributed by atoms with Gasteiger partial charge in [-0.2, -0.15) is 0 Å². The molecule has 1 unspecified atom stereocenters. The number of unbranched alkanes of at least 4 members (excludes halogenated alkanes) is 1. The Morgan fingerprint density at radius 1 is 0.720 bits per heavy atom. The van der Waals surface area contributed by atoms with E-state index in [1.54, 1.807) is 73.8 Å². The molecule has 5 rings (SSSR count). The first-order chi connectivity index (χ1) is 24.4. The Kier molecular flexibility index (Phi) is 12.9. The molecule has 0 aliphatic heterocycles. The van der Waals surface area contributed by atoms with Gasteiger partial charge in [-0.05, 0) is 96.4 Å². The van der Waals surface area contributed by atoms with Gasteiger partial charge in [-0.15, -0.1) is 11.8 Å². The maximum atomic E-state index is 13.6. The van der Waals surface area contributed by atoms with E-state index in [0.29, 0.717) is 34.9 Å². The zero-order chi connectivity index (χ0) is 35.1. The van der Waals surface area contributed by atoms with Crippen LogP contribution in [0, 0.1) is 0 Å². The summed E-state index contributed by atoms with van der Waals surface area (Å²) in [5.41, 5.74) is 3.26. The highest BCUT2D eigenvalue weighted by molar-refractivity contribution is 8.00. The summed E-state index contributed by atoms with van der Waals surface area (Å²) in [5, 5.41) is 8.14. The van der Waals surface area contributed by atoms with Gasteiger partial charge in [0.05, 0.1) is 13.7 Å². The van der Waals surface area contributed by atoms with Gasteiger partial charge < -0.3 is 25.4 Å². The van der Waals surface area contributed by atoms with Gasteiger partial charge in [0.25, 0.3) is 11.8 Å². The third-order valence-corrected chi connectivity index (χ3v) is 8.82. The van der Waals surface area contributed by atoms with Gasteiger partial charge in [-0.3, -0.25) is 14.4 Å². The molecule has 5 aromatic rings. The van der Waals surface area contributed by atoms with Crippen LogP contribution in [0.4, 0.5) is 11.4 Å². The van der Waals surface area contributed by atoms with Gasteiger partial charge in [0, 0.05) is 21.8 Å². The summed E-state index contributed by atoms with van der Waals surface area (Å²) in [6.07, 6.45) is 3.65. The van der Waals surface area contributed by atoms with Crippen LogP contribution in [-0.4, -0.2) is 31.4 Å². The number of thioether (sulfide) groups is 1. The highest BCUT2D eigenvalue weighted by atomic mass is 32.2. The molecule has 0 bridgehead atoms. The Balaban J connectivity index is 1.29. The van der Waals surface area contributed by atoms with E-state index in [0.717, 1.165) is 29.1 Å². The Morgan fingerprint density at radius 3 is 1.96 bits per heavy atom. The van der Waals surface area contributed by atoms with Crippen LogP contribution in [0.1, 0.15) is 46.5 Å². The fourth-order valence-electron chi connectivity index (χ4n) is 4.84. The summed E-state index contributed by atoms with van der Waals surface area (Å²) in [4.78, 5) is 41.0. The standard InChI is InChI=1S/C41H39N3O5S/c1-3-4-27-49-35-23-17-32(18-24-35)43-41(47)38(30-11-7-5-8-12-30)50-36-25-19-33(20-26-36)42-40(46)37(28-29-15-21-34(48-2)22-16-29)44-39(45)31-13-9-6-10-14-31/h5-26,28,38H,3-4,27H2,1-2H3,(H,42,46)(H,43,47)(H,44,45)/b37-28-. The SMILES string of the molecule is CCCCOc1ccc(NC(=O)C(Sc2ccc(NC(=O)/C(=C/c3ccc(OC)cc3)NC(=O)c3ccccc3)cc2)c2ccccc2)cc1. The van der Waals surface area contributed by atoms with Crippen molar-refractivity contribution in [3.8, 4) is 11.5 Å². The minimum atomic E-state index is -0.538. The fraction of sp³-hybridized carbons (Fsp3) is 0.146. The Bertz CT molecular complexity index is 1880. The molecule has 5 aromatic carbocycles. The van der Waals surface area contributed by atoms with E-state index in [9.17, 15) is 14.4 Å². The maximum Gasteiger partial charge on any atom is 0.272 e. The van der Waals surface area contributed by atoms with Crippen LogP contribution in [0.5, 0.6) is 11.5 Å². The van der Waals surface area contributed by atoms with Crippen molar-refractivity contribution >= 4 is 46.9 Å². The van der Waals surface area contributed by atoms with E-state index in [-0.39, 0.29) is 11.6 Å². The van der Waals surface area contributed by atoms with Gasteiger partial charge in [-0.25, -0.2) is 0 Å². The molecular weight excluding hydrogens is 647 g/mol. The molecule has 0 aromatic heterocycles. The summed E-state index contributed by atoms with van der Waals surface area (Å²) in [7, 11) is 1.58. The van der Waals surface area contributed by atoms with Crippen LogP contribution in [0.25, 0.3) is 6.08 Å². The summed E-state index contributed by atoms with van der Waals surface area (Å²) in [5.74, 6) is 0.371. The first kappa shape index (κ1) is 35.5. The predicted octanol–water partition coefficient (Wildman–Crippen LogP) is 8.76. The molecule has 0 aliphatic carbocycles. The fourth-order valence-corrected chi connectivity index (χ4v) is 5.86. The molecular formula is C41H39N3O5S. The molecule has 9 heteroatoms. The molecule has 0 spiro atoms. The first-order valence-electron chi connectivity index (χ1n) is 16.3. The van der Waals surface area contributed by atoms with Crippen molar-refractivity contribution in [1.29, 1.82) is 0 Å². The number of nitrogens with one attached hydrogen (secondary N) is 3. The summed E-state index contributed by atoms with van der Waals surface area (Å²) in [6.45, 7) is 2.77. The van der Waals surface area contributed by atoms with Crippen LogP contribution < -0.4 is 25.4 Å². The van der Waals surface area contributed by atoms with Crippen LogP contribution in [0.15, 0.2) is 144 Å². The molecule has 0 saturated carbocycles. The van der Waals surface area contributed by atoms with Crippen molar-refractivity contribution in [2.24, 2.45) is 0 Å². The highest BCUT2D eigenvalue weighted by Gasteiger charge is 2.23. The second kappa shape index (κ2) is 18.1. The van der Waals surface area contributed by atoms with Crippen LogP contribution in [-0.2, 0) is 9.59 Å². The van der Waals surface area contributed by atoms with Crippen LogP contribution >= 0.6 is 11.8 Å². The Hall–Kier alpha value is -5.80. The summed E-state index contributed by atoms with van der Waals surface area (Å²) >= 11 is 1.40. The van der Waals surface area contributed by atoms with E-state index >= 15 is 0 Å². The molecule has 0 aliphatic rings. The van der Waals surface area contributed by atoms with Crippen molar-refractivity contribution in [3.05, 3.63) is 156 Å². The topological polar surface area (TPSA) is 106 Å². The minimum absolute atomic E-state index is 0.0730. The number of amides is 3. The zero-order valence-electron chi connectivity index (χ0n) is 27.9. The molecule has 254 valence electrons. The highest BCUT2D eigenvalue weighted by Crippen LogP contribution is 2.37. The number of carbonyl (C=O) groups excluding carboxylic acids is 3. The van der Waals surface area contributed by atoms with Gasteiger partial charge >= 0.3 is 0 Å². The molecule has 3 amide bonds. The Morgan fingerprint density at radius 2 is 1.32 bits per heavy atom. The van der Waals surface area contributed by atoms with Crippen LogP contribution in [0.3, 0.4) is 0 Å². The largest absolute Gasteiger partial charge is 0.497 e. The lowest BCUT2D eigenvalue weighted by Crippen LogP contribution is -2.30. The smallest absolute Gasteiger partial charge is 0.272 e. The number of hydrogen-bond donors (Lipinski definition) is 3. The normalized spacial score (nSPS) is 11.6. The van der Waals surface area contributed by atoms with E-state index in [1.807, 2.05) is 72.8 Å². The number of benzene rings is 5. The van der Waals surface area contributed by atoms with Crippen molar-refractivity contribution in [3.63, 3.8) is 0 Å². The first-order valence-corrected chi connectivity index (χ1v) is 17.2. The average molecular weight is 686 g/mol. The predicted molar refractivity (Wildman–Crippen MR) is 200 cm³/mol. The molecule has 0 radical (unpaired) electrons. The van der Waals surface area contributed by atoms with Gasteiger partial charge in [0.15, 0.2) is 0 Å². The maximum absolute atomic E-state index is 13.6. The lowest BCUT2D eigenvalue weighted by molar-refractivity contribution is -0.116. The van der Waals surface area contributed by atoms with Crippen molar-refractivity contribution in [2.45, 2.75) is 29.9 Å². The number of carbonyl (C=O) groups is 3. The van der Waals surface area contributed by atoms with Gasteiger partial charge in [0.2, 0.25) is 5.91 Å². The summed E-state index contributed by atoms with van der Waals surface area (Å²) < 4.78 is 11.0. The van der Waals surface area contributed by atoms with Crippen molar-refractivity contribution in [2.75, 3.05) is 24.4 Å². The molecule has 8 nitrogen and oxygen atoms in total. The molecule has 50 heavy (non-hydrogen) atoms. The average Bonchev–Trinajstić information content (AvgIpc) is 3.16. The van der Waals surface area contributed by atoms with Crippen molar-refractivity contribution < 1.29 is 23.9 Å². The van der Waals surface area contributed by atoms with Crippen LogP contribution in [0.2, 0.25) is 0 Å². The molecule has 1 atom stereocenters. The number of hydrogen-bond acceptors (Lipinski definition) is 6. The van der Waals surface area contributed by atoms with Gasteiger partial charge in [0.1, 0.15) is 22.4 Å². The number of anilines is 2.